The minimum Gasteiger partial charge on any atom is -0.369 e. The second kappa shape index (κ2) is 5.83. The van der Waals surface area contributed by atoms with Gasteiger partial charge in [0.15, 0.2) is 0 Å². The van der Waals surface area contributed by atoms with Crippen LogP contribution in [-0.4, -0.2) is 43.5 Å². The number of hydrogen-bond donors (Lipinski definition) is 2. The minimum atomic E-state index is -0.459. The topological polar surface area (TPSA) is 58.4 Å². The summed E-state index contributed by atoms with van der Waals surface area (Å²) in [6.07, 6.45) is 2.48. The zero-order chi connectivity index (χ0) is 13.1. The highest BCUT2D eigenvalue weighted by atomic mass is 16.1. The molecule has 0 aromatic rings. The number of nitrogens with two attached hydrogens (primary N) is 1. The molecule has 0 aromatic heterocycles. The van der Waals surface area contributed by atoms with Crippen molar-refractivity contribution in [2.45, 2.75) is 39.7 Å². The number of carbonyl (C=O) groups excluding carboxylic acids is 1. The lowest BCUT2D eigenvalue weighted by Gasteiger charge is -2.34. The molecule has 1 heterocycles. The van der Waals surface area contributed by atoms with Gasteiger partial charge in [-0.2, -0.15) is 0 Å². The van der Waals surface area contributed by atoms with E-state index >= 15 is 0 Å². The Labute approximate surface area is 105 Å². The van der Waals surface area contributed by atoms with Gasteiger partial charge in [-0.15, -0.1) is 0 Å². The molecule has 4 heteroatoms. The van der Waals surface area contributed by atoms with E-state index in [0.717, 1.165) is 5.92 Å². The molecule has 1 rings (SSSR count). The van der Waals surface area contributed by atoms with Crippen LogP contribution in [-0.2, 0) is 4.79 Å². The van der Waals surface area contributed by atoms with Gasteiger partial charge in [0, 0.05) is 12.6 Å². The number of hydrogen-bond acceptors (Lipinski definition) is 3. The number of likely N-dealkylation sites (tertiary alicyclic amines) is 1. The first-order chi connectivity index (χ1) is 7.83. The largest absolute Gasteiger partial charge is 0.369 e. The third-order valence-corrected chi connectivity index (χ3v) is 4.00. The van der Waals surface area contributed by atoms with E-state index in [4.69, 9.17) is 5.73 Å². The standard InChI is InChI=1S/C13H27N3O/c1-10(11-5-7-16(4)8-6-11)15-9-13(2,3)12(14)17/h10-11,15H,5-9H2,1-4H3,(H2,14,17). The molecule has 0 spiro atoms. The first kappa shape index (κ1) is 14.5. The van der Waals surface area contributed by atoms with Crippen molar-refractivity contribution in [3.05, 3.63) is 0 Å². The van der Waals surface area contributed by atoms with Gasteiger partial charge < -0.3 is 16.0 Å². The summed E-state index contributed by atoms with van der Waals surface area (Å²) in [5.41, 5.74) is 4.91. The lowest BCUT2D eigenvalue weighted by Crippen LogP contribution is -2.47. The maximum absolute atomic E-state index is 11.2. The van der Waals surface area contributed by atoms with Crippen LogP contribution in [0, 0.1) is 11.3 Å². The fourth-order valence-corrected chi connectivity index (χ4v) is 2.20. The molecular weight excluding hydrogens is 214 g/mol. The average molecular weight is 241 g/mol. The van der Waals surface area contributed by atoms with E-state index in [1.165, 1.54) is 25.9 Å². The lowest BCUT2D eigenvalue weighted by atomic mass is 9.88. The molecule has 1 atom stereocenters. The highest BCUT2D eigenvalue weighted by molar-refractivity contribution is 5.80. The van der Waals surface area contributed by atoms with Crippen molar-refractivity contribution >= 4 is 5.91 Å². The van der Waals surface area contributed by atoms with Gasteiger partial charge in [0.2, 0.25) is 5.91 Å². The second-order valence-electron chi connectivity index (χ2n) is 6.06. The molecule has 1 aliphatic heterocycles. The van der Waals surface area contributed by atoms with E-state index in [-0.39, 0.29) is 5.91 Å². The lowest BCUT2D eigenvalue weighted by molar-refractivity contribution is -0.125. The molecule has 17 heavy (non-hydrogen) atoms. The van der Waals surface area contributed by atoms with Crippen LogP contribution in [0.5, 0.6) is 0 Å². The zero-order valence-electron chi connectivity index (χ0n) is 11.6. The van der Waals surface area contributed by atoms with Crippen molar-refractivity contribution in [3.8, 4) is 0 Å². The van der Waals surface area contributed by atoms with Crippen LogP contribution in [0.15, 0.2) is 0 Å². The Bertz CT molecular complexity index is 257. The third kappa shape index (κ3) is 4.28. The first-order valence-corrected chi connectivity index (χ1v) is 6.55. The summed E-state index contributed by atoms with van der Waals surface area (Å²) in [6, 6.07) is 0.460. The summed E-state index contributed by atoms with van der Waals surface area (Å²) in [5, 5.41) is 3.47. The number of amides is 1. The number of piperidine rings is 1. The van der Waals surface area contributed by atoms with Crippen molar-refractivity contribution in [1.29, 1.82) is 0 Å². The Kier molecular flexibility index (Phi) is 4.95. The summed E-state index contributed by atoms with van der Waals surface area (Å²) in [6.45, 7) is 9.02. The van der Waals surface area contributed by atoms with Gasteiger partial charge in [0.05, 0.1) is 5.41 Å². The first-order valence-electron chi connectivity index (χ1n) is 6.55. The fourth-order valence-electron chi connectivity index (χ4n) is 2.20. The molecule has 4 nitrogen and oxygen atoms in total. The van der Waals surface area contributed by atoms with Crippen molar-refractivity contribution < 1.29 is 4.79 Å². The van der Waals surface area contributed by atoms with Crippen molar-refractivity contribution in [1.82, 2.24) is 10.2 Å². The van der Waals surface area contributed by atoms with Gasteiger partial charge in [0.1, 0.15) is 0 Å². The molecule has 1 amide bonds. The van der Waals surface area contributed by atoms with Crippen LogP contribution >= 0.6 is 0 Å². The zero-order valence-corrected chi connectivity index (χ0v) is 11.6. The Balaban J connectivity index is 2.34. The number of rotatable bonds is 5. The summed E-state index contributed by atoms with van der Waals surface area (Å²) < 4.78 is 0. The predicted octanol–water partition coefficient (Wildman–Crippen LogP) is 0.818. The minimum absolute atomic E-state index is 0.236. The summed E-state index contributed by atoms with van der Waals surface area (Å²) >= 11 is 0. The van der Waals surface area contributed by atoms with Crippen LogP contribution in [0.3, 0.4) is 0 Å². The van der Waals surface area contributed by atoms with E-state index in [2.05, 4.69) is 24.2 Å². The van der Waals surface area contributed by atoms with Crippen molar-refractivity contribution in [2.24, 2.45) is 17.1 Å². The highest BCUT2D eigenvalue weighted by Gasteiger charge is 2.27. The molecule has 0 aliphatic carbocycles. The molecule has 1 unspecified atom stereocenters. The van der Waals surface area contributed by atoms with Crippen LogP contribution < -0.4 is 11.1 Å². The normalized spacial score (nSPS) is 21.4. The Morgan fingerprint density at radius 1 is 1.47 bits per heavy atom. The molecule has 1 aliphatic rings. The molecule has 0 aromatic carbocycles. The van der Waals surface area contributed by atoms with E-state index in [9.17, 15) is 4.79 Å². The number of primary amides is 1. The van der Waals surface area contributed by atoms with Gasteiger partial charge in [-0.3, -0.25) is 4.79 Å². The SMILES string of the molecule is CC(NCC(C)(C)C(N)=O)C1CCN(C)CC1. The molecule has 100 valence electrons. The fraction of sp³-hybridized carbons (Fsp3) is 0.923. The predicted molar refractivity (Wildman–Crippen MR) is 70.7 cm³/mol. The second-order valence-corrected chi connectivity index (χ2v) is 6.06. The quantitative estimate of drug-likeness (QED) is 0.749. The van der Waals surface area contributed by atoms with Crippen molar-refractivity contribution in [3.63, 3.8) is 0 Å². The van der Waals surface area contributed by atoms with Crippen LogP contribution in [0.4, 0.5) is 0 Å². The van der Waals surface area contributed by atoms with Crippen molar-refractivity contribution in [2.75, 3.05) is 26.7 Å². The van der Waals surface area contributed by atoms with Gasteiger partial charge in [-0.05, 0) is 59.7 Å². The van der Waals surface area contributed by atoms with Crippen LogP contribution in [0.1, 0.15) is 33.6 Å². The molecule has 0 bridgehead atoms. The molecule has 3 N–H and O–H groups in total. The van der Waals surface area contributed by atoms with Gasteiger partial charge in [0.25, 0.3) is 0 Å². The molecule has 0 saturated carbocycles. The van der Waals surface area contributed by atoms with E-state index in [1.54, 1.807) is 0 Å². The third-order valence-electron chi connectivity index (χ3n) is 4.00. The molecular formula is C13H27N3O. The maximum Gasteiger partial charge on any atom is 0.224 e. The van der Waals surface area contributed by atoms with Gasteiger partial charge >= 0.3 is 0 Å². The number of nitrogens with zero attached hydrogens (tertiary/aromatic N) is 1. The van der Waals surface area contributed by atoms with Gasteiger partial charge in [-0.25, -0.2) is 0 Å². The van der Waals surface area contributed by atoms with Crippen LogP contribution in [0.25, 0.3) is 0 Å². The monoisotopic (exact) mass is 241 g/mol. The smallest absolute Gasteiger partial charge is 0.224 e. The van der Waals surface area contributed by atoms with Gasteiger partial charge in [-0.1, -0.05) is 0 Å². The Morgan fingerprint density at radius 2 is 2.00 bits per heavy atom. The maximum atomic E-state index is 11.2. The van der Waals surface area contributed by atoms with Crippen LogP contribution in [0.2, 0.25) is 0 Å². The van der Waals surface area contributed by atoms with E-state index in [1.807, 2.05) is 13.8 Å². The molecule has 0 radical (unpaired) electrons. The Hall–Kier alpha value is -0.610. The summed E-state index contributed by atoms with van der Waals surface area (Å²) in [7, 11) is 2.17. The highest BCUT2D eigenvalue weighted by Crippen LogP contribution is 2.21. The summed E-state index contributed by atoms with van der Waals surface area (Å²) in [4.78, 5) is 13.6. The summed E-state index contributed by atoms with van der Waals surface area (Å²) in [5.74, 6) is 0.482. The Morgan fingerprint density at radius 3 is 2.47 bits per heavy atom. The molecule has 1 saturated heterocycles. The molecule has 1 fully saturated rings. The van der Waals surface area contributed by atoms with E-state index in [0.29, 0.717) is 12.6 Å². The average Bonchev–Trinajstić information content (AvgIpc) is 2.27. The number of carbonyl (C=O) groups is 1. The van der Waals surface area contributed by atoms with E-state index < -0.39 is 5.41 Å². The number of nitrogens with one attached hydrogen (secondary N) is 1.